The van der Waals surface area contributed by atoms with Gasteiger partial charge < -0.3 is 14.9 Å². The quantitative estimate of drug-likeness (QED) is 0.311. The molecule has 0 saturated heterocycles. The van der Waals surface area contributed by atoms with E-state index in [2.05, 4.69) is 36.3 Å². The average Bonchev–Trinajstić information content (AvgIpc) is 3.25. The van der Waals surface area contributed by atoms with Gasteiger partial charge in [-0.05, 0) is 65.2 Å². The number of ether oxygens (including phenoxy) is 1. The molecule has 0 amide bonds. The van der Waals surface area contributed by atoms with Crippen molar-refractivity contribution in [1.29, 1.82) is 0 Å². The number of H-pyrrole nitrogens is 4. The van der Waals surface area contributed by atoms with E-state index in [1.165, 1.54) is 0 Å². The molecule has 0 fully saturated rings. The van der Waals surface area contributed by atoms with Crippen LogP contribution in [0, 0.1) is 13.8 Å². The van der Waals surface area contributed by atoms with Crippen molar-refractivity contribution in [3.8, 4) is 5.75 Å². The number of aryl methyl sites for hydroxylation is 2. The molecule has 0 spiro atoms. The number of hydrogen-bond donors (Lipinski definition) is 4. The molecule has 4 rings (SSSR count). The van der Waals surface area contributed by atoms with Gasteiger partial charge in [-0.1, -0.05) is 29.8 Å². The molecule has 0 aliphatic rings. The molecule has 2 heterocycles. The first-order chi connectivity index (χ1) is 14.8. The number of benzene rings is 2. The number of rotatable bonds is 6. The van der Waals surface area contributed by atoms with E-state index in [-0.39, 0.29) is 11.1 Å². The molecular formula is C22H20BrClN4O3. The summed E-state index contributed by atoms with van der Waals surface area (Å²) < 4.78 is 6.66. The molecule has 4 aromatic rings. The molecule has 0 atom stereocenters. The maximum absolute atomic E-state index is 12.6. The summed E-state index contributed by atoms with van der Waals surface area (Å²) in [6.07, 6.45) is 0. The van der Waals surface area contributed by atoms with Gasteiger partial charge in [-0.15, -0.1) is 0 Å². The number of aromatic nitrogens is 4. The second kappa shape index (κ2) is 8.64. The Kier molecular flexibility index (Phi) is 5.93. The Hall–Kier alpha value is -2.97. The van der Waals surface area contributed by atoms with Crippen LogP contribution in [0.1, 0.15) is 39.6 Å². The van der Waals surface area contributed by atoms with E-state index in [9.17, 15) is 9.59 Å². The maximum atomic E-state index is 12.6. The highest BCUT2D eigenvalue weighted by Gasteiger charge is 2.28. The van der Waals surface area contributed by atoms with Crippen LogP contribution in [-0.4, -0.2) is 20.4 Å². The topological polar surface area (TPSA) is 107 Å². The number of aromatic amines is 4. The van der Waals surface area contributed by atoms with Crippen molar-refractivity contribution in [3.63, 3.8) is 0 Å². The fourth-order valence-electron chi connectivity index (χ4n) is 3.64. The zero-order valence-electron chi connectivity index (χ0n) is 16.8. The van der Waals surface area contributed by atoms with E-state index < -0.39 is 5.92 Å². The third kappa shape index (κ3) is 4.26. The zero-order chi connectivity index (χ0) is 22.1. The normalized spacial score (nSPS) is 11.3. The van der Waals surface area contributed by atoms with Gasteiger partial charge in [0.1, 0.15) is 12.4 Å². The summed E-state index contributed by atoms with van der Waals surface area (Å²) >= 11 is 9.50. The van der Waals surface area contributed by atoms with E-state index in [0.29, 0.717) is 39.9 Å². The molecule has 0 aliphatic heterocycles. The Morgan fingerprint density at radius 3 is 1.97 bits per heavy atom. The Morgan fingerprint density at radius 2 is 1.48 bits per heavy atom. The summed E-state index contributed by atoms with van der Waals surface area (Å²) in [5, 5.41) is 11.6. The summed E-state index contributed by atoms with van der Waals surface area (Å²) in [4.78, 5) is 25.1. The molecule has 4 N–H and O–H groups in total. The first kappa shape index (κ1) is 21.3. The van der Waals surface area contributed by atoms with Gasteiger partial charge in [-0.2, -0.15) is 0 Å². The van der Waals surface area contributed by atoms with E-state index in [1.807, 2.05) is 42.5 Å². The van der Waals surface area contributed by atoms with Gasteiger partial charge in [0.2, 0.25) is 0 Å². The highest BCUT2D eigenvalue weighted by molar-refractivity contribution is 9.10. The zero-order valence-corrected chi connectivity index (χ0v) is 19.1. The molecule has 0 unspecified atom stereocenters. The second-order valence-corrected chi connectivity index (χ2v) is 8.56. The van der Waals surface area contributed by atoms with Crippen molar-refractivity contribution in [3.05, 3.63) is 106 Å². The van der Waals surface area contributed by atoms with Crippen molar-refractivity contribution < 1.29 is 4.74 Å². The number of hydrogen-bond acceptors (Lipinski definition) is 3. The van der Waals surface area contributed by atoms with Gasteiger partial charge in [-0.3, -0.25) is 19.8 Å². The fourth-order valence-corrected chi connectivity index (χ4v) is 4.28. The van der Waals surface area contributed by atoms with Crippen LogP contribution < -0.4 is 15.9 Å². The lowest BCUT2D eigenvalue weighted by atomic mass is 9.85. The smallest absolute Gasteiger partial charge is 0.268 e. The third-order valence-corrected chi connectivity index (χ3v) is 6.07. The average molecular weight is 504 g/mol. The first-order valence-corrected chi connectivity index (χ1v) is 10.7. The van der Waals surface area contributed by atoms with Gasteiger partial charge in [-0.25, -0.2) is 0 Å². The monoisotopic (exact) mass is 502 g/mol. The summed E-state index contributed by atoms with van der Waals surface area (Å²) in [5.74, 6) is 0.100. The summed E-state index contributed by atoms with van der Waals surface area (Å²) in [6, 6.07) is 13.0. The summed E-state index contributed by atoms with van der Waals surface area (Å²) in [6.45, 7) is 3.98. The molecule has 160 valence electrons. The lowest BCUT2D eigenvalue weighted by Crippen LogP contribution is -2.20. The Morgan fingerprint density at radius 1 is 0.903 bits per heavy atom. The van der Waals surface area contributed by atoms with Crippen LogP contribution in [0.2, 0.25) is 5.02 Å². The van der Waals surface area contributed by atoms with Crippen LogP contribution in [0.4, 0.5) is 0 Å². The van der Waals surface area contributed by atoms with Crippen molar-refractivity contribution in [2.45, 2.75) is 26.4 Å². The van der Waals surface area contributed by atoms with Gasteiger partial charge in [0, 0.05) is 22.3 Å². The van der Waals surface area contributed by atoms with E-state index in [1.54, 1.807) is 13.8 Å². The maximum Gasteiger partial charge on any atom is 0.268 e. The van der Waals surface area contributed by atoms with Crippen molar-refractivity contribution in [1.82, 2.24) is 20.4 Å². The van der Waals surface area contributed by atoms with Gasteiger partial charge in [0.25, 0.3) is 11.1 Å². The molecule has 0 aliphatic carbocycles. The molecule has 0 radical (unpaired) electrons. The molecule has 0 saturated carbocycles. The molecular weight excluding hydrogens is 484 g/mol. The highest BCUT2D eigenvalue weighted by atomic mass is 79.9. The summed E-state index contributed by atoms with van der Waals surface area (Å²) in [5.41, 5.74) is 3.59. The predicted octanol–water partition coefficient (Wildman–Crippen LogP) is 4.51. The lowest BCUT2D eigenvalue weighted by molar-refractivity contribution is 0.304. The fraction of sp³-hybridized carbons (Fsp3) is 0.182. The van der Waals surface area contributed by atoms with Crippen LogP contribution in [0.25, 0.3) is 0 Å². The molecule has 0 bridgehead atoms. The van der Waals surface area contributed by atoms with Gasteiger partial charge in [0.15, 0.2) is 0 Å². The van der Waals surface area contributed by atoms with Crippen LogP contribution in [0.15, 0.2) is 56.5 Å². The van der Waals surface area contributed by atoms with Gasteiger partial charge >= 0.3 is 0 Å². The highest BCUT2D eigenvalue weighted by Crippen LogP contribution is 2.35. The van der Waals surface area contributed by atoms with Crippen LogP contribution in [-0.2, 0) is 6.61 Å². The number of halogens is 2. The minimum atomic E-state index is -0.549. The van der Waals surface area contributed by atoms with Crippen LogP contribution in [0.5, 0.6) is 5.75 Å². The largest absolute Gasteiger partial charge is 0.488 e. The second-order valence-electron chi connectivity index (χ2n) is 7.27. The van der Waals surface area contributed by atoms with E-state index >= 15 is 0 Å². The Balaban J connectivity index is 1.71. The first-order valence-electron chi connectivity index (χ1n) is 9.56. The van der Waals surface area contributed by atoms with Crippen LogP contribution in [0.3, 0.4) is 0 Å². The van der Waals surface area contributed by atoms with E-state index in [4.69, 9.17) is 16.3 Å². The summed E-state index contributed by atoms with van der Waals surface area (Å²) in [7, 11) is 0. The lowest BCUT2D eigenvalue weighted by Gasteiger charge is -2.17. The molecule has 9 heteroatoms. The van der Waals surface area contributed by atoms with E-state index in [0.717, 1.165) is 15.6 Å². The van der Waals surface area contributed by atoms with Gasteiger partial charge in [0.05, 0.1) is 15.6 Å². The standard InChI is InChI=1S/C22H20BrClN4O3/c1-11-18(21(29)27-25-11)20(19-12(2)26-28-22(19)30)14-5-8-17(16(23)9-14)31-10-13-3-6-15(24)7-4-13/h3-9,20H,10H2,1-2H3,(H2,25,27,29)(H2,26,28,30). The molecule has 7 nitrogen and oxygen atoms in total. The third-order valence-electron chi connectivity index (χ3n) is 5.20. The minimum absolute atomic E-state index is 0.262. The minimum Gasteiger partial charge on any atom is -0.488 e. The molecule has 2 aromatic heterocycles. The van der Waals surface area contributed by atoms with Crippen molar-refractivity contribution in [2.75, 3.05) is 0 Å². The Bertz CT molecular complexity index is 1280. The number of nitrogens with one attached hydrogen (secondary N) is 4. The van der Waals surface area contributed by atoms with Crippen LogP contribution >= 0.6 is 27.5 Å². The SMILES string of the molecule is Cc1[nH][nH]c(=O)c1C(c1ccc(OCc2ccc(Cl)cc2)c(Br)c1)c1c(C)[nH][nH]c1=O. The molecule has 31 heavy (non-hydrogen) atoms. The predicted molar refractivity (Wildman–Crippen MR) is 123 cm³/mol. The van der Waals surface area contributed by atoms with Crippen molar-refractivity contribution >= 4 is 27.5 Å². The Labute approximate surface area is 190 Å². The van der Waals surface area contributed by atoms with Crippen molar-refractivity contribution in [2.24, 2.45) is 0 Å². The molecule has 2 aromatic carbocycles.